The molecule has 0 amide bonds. The SMILES string of the molecule is C=C/C=C\c1sc2cc(-c3nc(-c4ccccc4)cc(-n4c5ccccc5c5c6sc7ccccc7c6ccc54)n3)ccc2c1C. The number of thiophene rings is 2. The van der Waals surface area contributed by atoms with Gasteiger partial charge in [0.1, 0.15) is 5.82 Å². The van der Waals surface area contributed by atoms with Gasteiger partial charge in [-0.05, 0) is 48.2 Å². The Balaban J connectivity index is 1.32. The maximum absolute atomic E-state index is 5.31. The van der Waals surface area contributed by atoms with Gasteiger partial charge in [0.2, 0.25) is 0 Å². The summed E-state index contributed by atoms with van der Waals surface area (Å²) in [7, 11) is 0. The maximum Gasteiger partial charge on any atom is 0.162 e. The number of fused-ring (bicyclic) bond motifs is 8. The number of allylic oxidation sites excluding steroid dienone is 2. The fraction of sp³-hybridized carbons (Fsp3) is 0.0244. The number of rotatable bonds is 5. The van der Waals surface area contributed by atoms with E-state index in [1.54, 1.807) is 11.3 Å². The maximum atomic E-state index is 5.31. The molecule has 0 spiro atoms. The molecule has 5 aromatic carbocycles. The lowest BCUT2D eigenvalue weighted by Gasteiger charge is -2.12. The van der Waals surface area contributed by atoms with Crippen molar-refractivity contribution in [3.8, 4) is 28.5 Å². The molecular weight excluding hydrogens is 599 g/mol. The Hall–Kier alpha value is -5.36. The van der Waals surface area contributed by atoms with Crippen molar-refractivity contribution in [3.05, 3.63) is 144 Å². The van der Waals surface area contributed by atoms with Crippen LogP contribution in [0.4, 0.5) is 0 Å². The van der Waals surface area contributed by atoms with Gasteiger partial charge in [-0.15, -0.1) is 22.7 Å². The van der Waals surface area contributed by atoms with Gasteiger partial charge in [-0.3, -0.25) is 4.57 Å². The van der Waals surface area contributed by atoms with Gasteiger partial charge in [-0.1, -0.05) is 104 Å². The van der Waals surface area contributed by atoms with Gasteiger partial charge < -0.3 is 0 Å². The zero-order valence-corrected chi connectivity index (χ0v) is 26.7. The molecule has 3 nitrogen and oxygen atoms in total. The Morgan fingerprint density at radius 2 is 1.43 bits per heavy atom. The zero-order valence-electron chi connectivity index (χ0n) is 25.1. The molecule has 0 radical (unpaired) electrons. The summed E-state index contributed by atoms with van der Waals surface area (Å²) in [6, 6.07) is 41.1. The topological polar surface area (TPSA) is 30.7 Å². The van der Waals surface area contributed by atoms with Crippen LogP contribution in [0.15, 0.2) is 134 Å². The van der Waals surface area contributed by atoms with Gasteiger partial charge in [0.15, 0.2) is 5.82 Å². The quantitative estimate of drug-likeness (QED) is 0.178. The second-order valence-electron chi connectivity index (χ2n) is 11.5. The largest absolute Gasteiger partial charge is 0.294 e. The molecule has 0 aliphatic carbocycles. The minimum Gasteiger partial charge on any atom is -0.294 e. The number of hydrogen-bond donors (Lipinski definition) is 0. The molecule has 0 atom stereocenters. The Morgan fingerprint density at radius 1 is 0.652 bits per heavy atom. The number of aromatic nitrogens is 3. The molecule has 0 saturated carbocycles. The van der Waals surface area contributed by atoms with Crippen molar-refractivity contribution in [1.29, 1.82) is 0 Å². The molecule has 0 N–H and O–H groups in total. The van der Waals surface area contributed by atoms with Crippen molar-refractivity contribution < 1.29 is 0 Å². The predicted molar refractivity (Wildman–Crippen MR) is 199 cm³/mol. The van der Waals surface area contributed by atoms with Gasteiger partial charge in [-0.25, -0.2) is 9.97 Å². The Bertz CT molecular complexity index is 2670. The third kappa shape index (κ3) is 4.17. The Labute approximate surface area is 274 Å². The molecule has 218 valence electrons. The predicted octanol–water partition coefficient (Wildman–Crippen LogP) is 12.0. The third-order valence-corrected chi connectivity index (χ3v) is 11.2. The highest BCUT2D eigenvalue weighted by molar-refractivity contribution is 7.26. The van der Waals surface area contributed by atoms with Crippen molar-refractivity contribution in [2.75, 3.05) is 0 Å². The van der Waals surface area contributed by atoms with Crippen LogP contribution < -0.4 is 0 Å². The van der Waals surface area contributed by atoms with Gasteiger partial charge in [-0.2, -0.15) is 0 Å². The Morgan fingerprint density at radius 3 is 2.30 bits per heavy atom. The van der Waals surface area contributed by atoms with E-state index in [2.05, 4.69) is 133 Å². The van der Waals surface area contributed by atoms with E-state index in [1.807, 2.05) is 29.6 Å². The second-order valence-corrected chi connectivity index (χ2v) is 13.6. The molecule has 46 heavy (non-hydrogen) atoms. The highest BCUT2D eigenvalue weighted by Crippen LogP contribution is 2.43. The van der Waals surface area contributed by atoms with Crippen LogP contribution in [0.2, 0.25) is 0 Å². The normalized spacial score (nSPS) is 12.0. The lowest BCUT2D eigenvalue weighted by molar-refractivity contribution is 1.05. The first kappa shape index (κ1) is 27.0. The van der Waals surface area contributed by atoms with Crippen molar-refractivity contribution in [1.82, 2.24) is 14.5 Å². The molecule has 0 bridgehead atoms. The summed E-state index contributed by atoms with van der Waals surface area (Å²) >= 11 is 3.66. The zero-order chi connectivity index (χ0) is 30.8. The van der Waals surface area contributed by atoms with Crippen LogP contribution in [0.3, 0.4) is 0 Å². The van der Waals surface area contributed by atoms with E-state index in [-0.39, 0.29) is 0 Å². The van der Waals surface area contributed by atoms with Gasteiger partial charge in [0, 0.05) is 57.7 Å². The van der Waals surface area contributed by atoms with E-state index in [9.17, 15) is 0 Å². The summed E-state index contributed by atoms with van der Waals surface area (Å²) in [6.45, 7) is 6.02. The van der Waals surface area contributed by atoms with E-state index in [0.29, 0.717) is 5.82 Å². The molecule has 0 saturated heterocycles. The van der Waals surface area contributed by atoms with Crippen molar-refractivity contribution in [3.63, 3.8) is 0 Å². The number of aryl methyl sites for hydroxylation is 1. The second kappa shape index (κ2) is 10.6. The fourth-order valence-electron chi connectivity index (χ4n) is 6.61. The average Bonchev–Trinajstić information content (AvgIpc) is 3.76. The van der Waals surface area contributed by atoms with Gasteiger partial charge in [0.05, 0.1) is 16.7 Å². The van der Waals surface area contributed by atoms with Crippen LogP contribution in [0, 0.1) is 6.92 Å². The summed E-state index contributed by atoms with van der Waals surface area (Å²) in [6.07, 6.45) is 5.95. The standard InChI is InChI=1S/C41H27N3S2/c1-3-4-17-35-25(2)28-20-19-27(23-37(28)45-35)41-42-32(26-12-6-5-7-13-26)24-38(43-41)44-33-16-10-8-15-31(33)39-34(44)22-21-30-29-14-9-11-18-36(29)46-40(30)39/h3-24H,1H2,2H3/b17-4-. The smallest absolute Gasteiger partial charge is 0.162 e. The van der Waals surface area contributed by atoms with E-state index in [4.69, 9.17) is 9.97 Å². The van der Waals surface area contributed by atoms with Gasteiger partial charge in [0.25, 0.3) is 0 Å². The minimum absolute atomic E-state index is 0.710. The number of nitrogens with zero attached hydrogens (tertiary/aromatic N) is 3. The van der Waals surface area contributed by atoms with E-state index in [1.165, 1.54) is 51.5 Å². The minimum atomic E-state index is 0.710. The summed E-state index contributed by atoms with van der Waals surface area (Å²) in [5.74, 6) is 1.56. The lowest BCUT2D eigenvalue weighted by atomic mass is 10.1. The molecular formula is C41H27N3S2. The van der Waals surface area contributed by atoms with Crippen LogP contribution >= 0.6 is 22.7 Å². The molecule has 9 aromatic rings. The summed E-state index contributed by atoms with van der Waals surface area (Å²) in [4.78, 5) is 11.7. The molecule has 5 heteroatoms. The van der Waals surface area contributed by atoms with E-state index >= 15 is 0 Å². The monoisotopic (exact) mass is 625 g/mol. The van der Waals surface area contributed by atoms with E-state index in [0.717, 1.165) is 33.7 Å². The Kier molecular flexibility index (Phi) is 6.23. The molecule has 4 heterocycles. The van der Waals surface area contributed by atoms with Crippen LogP contribution in [-0.2, 0) is 0 Å². The lowest BCUT2D eigenvalue weighted by Crippen LogP contribution is -2.02. The summed E-state index contributed by atoms with van der Waals surface area (Å²) in [5.41, 5.74) is 6.51. The van der Waals surface area contributed by atoms with Crippen molar-refractivity contribution in [2.45, 2.75) is 6.92 Å². The molecule has 0 aliphatic rings. The first-order chi connectivity index (χ1) is 22.7. The molecule has 0 aliphatic heterocycles. The van der Waals surface area contributed by atoms with Crippen molar-refractivity contribution in [2.24, 2.45) is 0 Å². The van der Waals surface area contributed by atoms with E-state index < -0.39 is 0 Å². The first-order valence-corrected chi connectivity index (χ1v) is 16.9. The first-order valence-electron chi connectivity index (χ1n) is 15.3. The van der Waals surface area contributed by atoms with Crippen LogP contribution in [0.5, 0.6) is 0 Å². The third-order valence-electron chi connectivity index (χ3n) is 8.81. The number of benzene rings is 5. The number of para-hydroxylation sites is 1. The molecule has 4 aromatic heterocycles. The summed E-state index contributed by atoms with van der Waals surface area (Å²) < 4.78 is 6.15. The van der Waals surface area contributed by atoms with Gasteiger partial charge >= 0.3 is 0 Å². The average molecular weight is 626 g/mol. The molecule has 9 rings (SSSR count). The highest BCUT2D eigenvalue weighted by atomic mass is 32.1. The van der Waals surface area contributed by atoms with Crippen LogP contribution in [0.25, 0.3) is 86.6 Å². The summed E-state index contributed by atoms with van der Waals surface area (Å²) in [5, 5.41) is 6.36. The molecule has 0 fully saturated rings. The molecule has 0 unspecified atom stereocenters. The highest BCUT2D eigenvalue weighted by Gasteiger charge is 2.20. The fourth-order valence-corrected chi connectivity index (χ4v) is 9.04. The van der Waals surface area contributed by atoms with Crippen molar-refractivity contribution >= 4 is 80.8 Å². The van der Waals surface area contributed by atoms with Crippen LogP contribution in [0.1, 0.15) is 10.4 Å². The number of hydrogen-bond acceptors (Lipinski definition) is 4. The van der Waals surface area contributed by atoms with Crippen LogP contribution in [-0.4, -0.2) is 14.5 Å².